The summed E-state index contributed by atoms with van der Waals surface area (Å²) in [6, 6.07) is 0.215. The molecule has 0 radical (unpaired) electrons. The van der Waals surface area contributed by atoms with Crippen LogP contribution in [-0.2, 0) is 18.2 Å². The lowest BCUT2D eigenvalue weighted by atomic mass is 9.90. The van der Waals surface area contributed by atoms with Crippen LogP contribution in [-0.4, -0.2) is 72.7 Å². The van der Waals surface area contributed by atoms with Crippen molar-refractivity contribution in [3.8, 4) is 11.3 Å². The van der Waals surface area contributed by atoms with Gasteiger partial charge in [0, 0.05) is 43.5 Å². The molecule has 2 aliphatic rings. The van der Waals surface area contributed by atoms with Crippen LogP contribution < -0.4 is 10.6 Å². The normalized spacial score (nSPS) is 18.6. The number of alkyl carbamates (subject to hydrolysis) is 1. The van der Waals surface area contributed by atoms with Crippen molar-refractivity contribution in [2.75, 3.05) is 18.4 Å². The molecule has 12 heteroatoms. The summed E-state index contributed by atoms with van der Waals surface area (Å²) < 4.78 is 7.16. The van der Waals surface area contributed by atoms with Crippen LogP contribution in [0, 0.1) is 5.92 Å². The summed E-state index contributed by atoms with van der Waals surface area (Å²) in [5.74, 6) is 1.26. The molecule has 4 rings (SSSR count). The van der Waals surface area contributed by atoms with Crippen LogP contribution in [0.3, 0.4) is 0 Å². The first-order valence-corrected chi connectivity index (χ1v) is 16.6. The van der Waals surface area contributed by atoms with Crippen molar-refractivity contribution >= 4 is 29.7 Å². The highest BCUT2D eigenvalue weighted by atomic mass is 35.5. The van der Waals surface area contributed by atoms with E-state index in [-0.39, 0.29) is 18.2 Å². The van der Waals surface area contributed by atoms with E-state index in [9.17, 15) is 14.7 Å². The number of rotatable bonds is 15. The van der Waals surface area contributed by atoms with Gasteiger partial charge in [0.05, 0.1) is 23.1 Å². The summed E-state index contributed by atoms with van der Waals surface area (Å²) in [4.78, 5) is 34.6. The number of nitrogens with one attached hydrogen (secondary N) is 2. The molecule has 2 aromatic heterocycles. The van der Waals surface area contributed by atoms with Crippen LogP contribution in [0.2, 0.25) is 5.02 Å². The molecule has 244 valence electrons. The third kappa shape index (κ3) is 10.5. The molecule has 0 aliphatic heterocycles. The zero-order chi connectivity index (χ0) is 31.7. The quantitative estimate of drug-likeness (QED) is 0.178. The molecule has 0 unspecified atom stereocenters. The van der Waals surface area contributed by atoms with E-state index in [1.54, 1.807) is 11.1 Å². The smallest absolute Gasteiger partial charge is 0.407 e. The Kier molecular flexibility index (Phi) is 12.1. The summed E-state index contributed by atoms with van der Waals surface area (Å²) in [6.45, 7) is 6.72. The number of aryl methyl sites for hydroxylation is 1. The van der Waals surface area contributed by atoms with Gasteiger partial charge in [0.2, 0.25) is 5.95 Å². The number of carbonyl (C=O) groups excluding carboxylic acids is 1. The number of carbonyl (C=O) groups is 2. The number of ether oxygens (including phenoxy) is 1. The van der Waals surface area contributed by atoms with Crippen molar-refractivity contribution in [3.05, 3.63) is 23.1 Å². The van der Waals surface area contributed by atoms with Gasteiger partial charge in [0.25, 0.3) is 0 Å². The van der Waals surface area contributed by atoms with Crippen molar-refractivity contribution in [1.82, 2.24) is 30.0 Å². The van der Waals surface area contributed by atoms with Crippen molar-refractivity contribution < 1.29 is 19.4 Å². The van der Waals surface area contributed by atoms with E-state index in [1.807, 2.05) is 38.7 Å². The molecule has 0 spiro atoms. The molecule has 2 amide bonds. The van der Waals surface area contributed by atoms with Gasteiger partial charge in [-0.1, -0.05) is 37.3 Å². The number of nitrogens with zero attached hydrogens (tertiary/aromatic N) is 5. The van der Waals surface area contributed by atoms with E-state index in [4.69, 9.17) is 21.3 Å². The molecule has 0 atom stereocenters. The molecule has 2 heterocycles. The number of hydrogen-bond donors (Lipinski definition) is 3. The van der Waals surface area contributed by atoms with Crippen LogP contribution in [0.25, 0.3) is 11.3 Å². The Balaban J connectivity index is 1.16. The van der Waals surface area contributed by atoms with E-state index in [0.717, 1.165) is 81.9 Å². The first kappa shape index (κ1) is 33.8. The Morgan fingerprint density at radius 2 is 1.73 bits per heavy atom. The SMILES string of the molecule is Cn1ncc(-c2nc(NC3CCC(N(CCCCCCCCNC(=O)OC(C)(C)C)C(=O)O)CC3)ncc2Cl)c1CC1CC1. The second kappa shape index (κ2) is 15.8. The number of hydrogen-bond acceptors (Lipinski definition) is 7. The van der Waals surface area contributed by atoms with Crippen molar-refractivity contribution in [2.45, 2.75) is 122 Å². The number of unbranched alkanes of at least 4 members (excludes halogenated alkanes) is 5. The van der Waals surface area contributed by atoms with Crippen LogP contribution in [0.5, 0.6) is 0 Å². The molecule has 44 heavy (non-hydrogen) atoms. The Labute approximate surface area is 266 Å². The second-order valence-electron chi connectivity index (χ2n) is 13.3. The molecule has 2 fully saturated rings. The second-order valence-corrected chi connectivity index (χ2v) is 13.7. The summed E-state index contributed by atoms with van der Waals surface area (Å²) >= 11 is 6.54. The number of amides is 2. The maximum atomic E-state index is 12.1. The van der Waals surface area contributed by atoms with Gasteiger partial charge in [-0.15, -0.1) is 0 Å². The van der Waals surface area contributed by atoms with Crippen LogP contribution in [0.15, 0.2) is 12.4 Å². The number of anilines is 1. The van der Waals surface area contributed by atoms with Crippen LogP contribution in [0.4, 0.5) is 15.5 Å². The fraction of sp³-hybridized carbons (Fsp3) is 0.719. The van der Waals surface area contributed by atoms with Gasteiger partial charge in [-0.25, -0.2) is 19.6 Å². The lowest BCUT2D eigenvalue weighted by Crippen LogP contribution is -2.44. The Morgan fingerprint density at radius 3 is 2.39 bits per heavy atom. The maximum absolute atomic E-state index is 12.1. The fourth-order valence-corrected chi connectivity index (χ4v) is 6.08. The van der Waals surface area contributed by atoms with Gasteiger partial charge >= 0.3 is 12.2 Å². The van der Waals surface area contributed by atoms with Crippen LogP contribution >= 0.6 is 11.6 Å². The molecular weight excluding hydrogens is 582 g/mol. The topological polar surface area (TPSA) is 135 Å². The third-order valence-corrected chi connectivity index (χ3v) is 8.73. The molecular formula is C32H50ClN7O4. The zero-order valence-electron chi connectivity index (χ0n) is 26.8. The van der Waals surface area contributed by atoms with E-state index in [2.05, 4.69) is 20.7 Å². The average molecular weight is 632 g/mol. The lowest BCUT2D eigenvalue weighted by molar-refractivity contribution is 0.0526. The van der Waals surface area contributed by atoms with E-state index >= 15 is 0 Å². The molecule has 11 nitrogen and oxygen atoms in total. The summed E-state index contributed by atoms with van der Waals surface area (Å²) in [5, 5.41) is 21.2. The first-order valence-electron chi connectivity index (χ1n) is 16.3. The minimum atomic E-state index is -0.834. The van der Waals surface area contributed by atoms with Gasteiger partial charge in [-0.05, 0) is 84.5 Å². The highest BCUT2D eigenvalue weighted by Gasteiger charge is 2.30. The van der Waals surface area contributed by atoms with Gasteiger partial charge in [0.1, 0.15) is 5.60 Å². The highest BCUT2D eigenvalue weighted by molar-refractivity contribution is 6.33. The molecule has 0 aromatic carbocycles. The minimum absolute atomic E-state index is 0.0338. The minimum Gasteiger partial charge on any atom is -0.465 e. The standard InChI is InChI=1S/C32H50ClN7O4/c1-32(2,3)44-30(41)34-17-9-7-5-6-8-10-18-40(31(42)43)24-15-13-23(14-16-24)37-29-35-21-26(33)28(38-29)25-20-36-39(4)27(25)19-22-11-12-22/h20-24H,5-19H2,1-4H3,(H,34,41)(H,42,43)(H,35,37,38). The van der Waals surface area contributed by atoms with Gasteiger partial charge in [-0.2, -0.15) is 5.10 Å². The van der Waals surface area contributed by atoms with E-state index < -0.39 is 11.7 Å². The molecule has 3 N–H and O–H groups in total. The van der Waals surface area contributed by atoms with E-state index in [0.29, 0.717) is 35.7 Å². The number of halogens is 1. The Bertz CT molecular complexity index is 1240. The largest absolute Gasteiger partial charge is 0.465 e. The molecule has 0 saturated heterocycles. The number of aromatic nitrogens is 4. The van der Waals surface area contributed by atoms with Crippen LogP contribution in [0.1, 0.15) is 104 Å². The third-order valence-electron chi connectivity index (χ3n) is 8.45. The number of carboxylic acid groups (broad SMARTS) is 1. The molecule has 0 bridgehead atoms. The fourth-order valence-electron chi connectivity index (χ4n) is 5.89. The predicted octanol–water partition coefficient (Wildman–Crippen LogP) is 7.05. The molecule has 2 aliphatic carbocycles. The maximum Gasteiger partial charge on any atom is 0.407 e. The predicted molar refractivity (Wildman–Crippen MR) is 172 cm³/mol. The van der Waals surface area contributed by atoms with Crippen molar-refractivity contribution in [1.29, 1.82) is 0 Å². The van der Waals surface area contributed by atoms with E-state index in [1.165, 1.54) is 12.8 Å². The van der Waals surface area contributed by atoms with Crippen molar-refractivity contribution in [3.63, 3.8) is 0 Å². The van der Waals surface area contributed by atoms with Gasteiger partial charge < -0.3 is 25.4 Å². The molecule has 2 aromatic rings. The Morgan fingerprint density at radius 1 is 1.05 bits per heavy atom. The van der Waals surface area contributed by atoms with Gasteiger partial charge in [-0.3, -0.25) is 4.68 Å². The monoisotopic (exact) mass is 631 g/mol. The average Bonchev–Trinajstić information content (AvgIpc) is 3.71. The molecule has 2 saturated carbocycles. The summed E-state index contributed by atoms with van der Waals surface area (Å²) in [5.41, 5.74) is 2.34. The first-order chi connectivity index (χ1) is 21.0. The lowest BCUT2D eigenvalue weighted by Gasteiger charge is -2.35. The summed E-state index contributed by atoms with van der Waals surface area (Å²) in [6.07, 6.45) is 15.0. The van der Waals surface area contributed by atoms with Gasteiger partial charge in [0.15, 0.2) is 0 Å². The Hall–Kier alpha value is -3.08. The summed E-state index contributed by atoms with van der Waals surface area (Å²) in [7, 11) is 1.96. The zero-order valence-corrected chi connectivity index (χ0v) is 27.5. The highest BCUT2D eigenvalue weighted by Crippen LogP contribution is 2.37. The van der Waals surface area contributed by atoms with Crippen molar-refractivity contribution in [2.24, 2.45) is 13.0 Å².